The average molecular weight is 639 g/mol. The van der Waals surface area contributed by atoms with Crippen molar-refractivity contribution < 1.29 is 41.0 Å². The van der Waals surface area contributed by atoms with E-state index < -0.39 is 44.3 Å². The van der Waals surface area contributed by atoms with Crippen LogP contribution < -0.4 is 5.32 Å². The van der Waals surface area contributed by atoms with Crippen LogP contribution in [0.2, 0.25) is 0 Å². The number of β-amino-alcohol motifs (C(OH)–C–C–N with tert-alkyl or cyclic N) is 1. The summed E-state index contributed by atoms with van der Waals surface area (Å²) in [7, 11) is -3.23. The molecule has 0 radical (unpaired) electrons. The lowest BCUT2D eigenvalue weighted by molar-refractivity contribution is -0.138. The highest BCUT2D eigenvalue weighted by Crippen LogP contribution is 2.35. The van der Waals surface area contributed by atoms with Crippen LogP contribution in [0.15, 0.2) is 71.6 Å². The largest absolute Gasteiger partial charge is 0.481 e. The second kappa shape index (κ2) is 14.6. The maximum atomic E-state index is 13.8. The van der Waals surface area contributed by atoms with Crippen LogP contribution >= 0.6 is 0 Å². The van der Waals surface area contributed by atoms with Gasteiger partial charge in [0.1, 0.15) is 5.82 Å². The van der Waals surface area contributed by atoms with E-state index in [9.17, 15) is 35.9 Å². The van der Waals surface area contributed by atoms with Crippen LogP contribution in [0.25, 0.3) is 11.1 Å². The minimum atomic E-state index is -4.82. The Morgan fingerprint density at radius 3 is 2.25 bits per heavy atom. The quantitative estimate of drug-likeness (QED) is 0.179. The van der Waals surface area contributed by atoms with Gasteiger partial charge in [-0.2, -0.15) is 17.5 Å². The van der Waals surface area contributed by atoms with E-state index in [0.29, 0.717) is 30.0 Å². The van der Waals surface area contributed by atoms with Gasteiger partial charge in [0, 0.05) is 32.1 Å². The molecule has 44 heavy (non-hydrogen) atoms. The third-order valence-electron chi connectivity index (χ3n) is 7.30. The molecule has 0 aliphatic heterocycles. The first kappa shape index (κ1) is 35.2. The number of nitrogens with zero attached hydrogens (tertiary/aromatic N) is 1. The molecule has 0 bridgehead atoms. The molecule has 0 saturated heterocycles. The summed E-state index contributed by atoms with van der Waals surface area (Å²) in [5, 5.41) is 22.7. The molecule has 3 rings (SSSR count). The van der Waals surface area contributed by atoms with Crippen LogP contribution in [0.3, 0.4) is 0 Å². The summed E-state index contributed by atoms with van der Waals surface area (Å²) in [6.07, 6.45) is -3.72. The van der Waals surface area contributed by atoms with Crippen molar-refractivity contribution in [3.8, 4) is 11.1 Å². The Labute approximate surface area is 255 Å². The van der Waals surface area contributed by atoms with E-state index in [2.05, 4.69) is 5.32 Å². The third kappa shape index (κ3) is 10.4. The van der Waals surface area contributed by atoms with Gasteiger partial charge in [-0.25, -0.2) is 12.8 Å². The summed E-state index contributed by atoms with van der Waals surface area (Å²) in [6, 6.07) is 15.2. The Morgan fingerprint density at radius 1 is 0.955 bits per heavy atom. The SMILES string of the molecule is CN(C[C@H](O)CNC(C)(C)CCCc1cccc(F)c1)S(=O)(=O)c1cc(-c2ccc(CCC(=O)O)cc2)cc(C(F)(F)F)c1. The van der Waals surface area contributed by atoms with Crippen molar-refractivity contribution in [2.75, 3.05) is 20.1 Å². The fourth-order valence-corrected chi connectivity index (χ4v) is 6.02. The number of hydrogen-bond donors (Lipinski definition) is 3. The van der Waals surface area contributed by atoms with E-state index in [4.69, 9.17) is 5.11 Å². The van der Waals surface area contributed by atoms with Gasteiger partial charge in [0.25, 0.3) is 0 Å². The van der Waals surface area contributed by atoms with Crippen LogP contribution in [-0.2, 0) is 33.8 Å². The third-order valence-corrected chi connectivity index (χ3v) is 9.10. The molecule has 0 saturated carbocycles. The van der Waals surface area contributed by atoms with Crippen molar-refractivity contribution in [1.82, 2.24) is 9.62 Å². The van der Waals surface area contributed by atoms with E-state index in [1.807, 2.05) is 19.9 Å². The number of carboxylic acids is 1. The van der Waals surface area contributed by atoms with E-state index in [-0.39, 0.29) is 37.3 Å². The molecule has 3 aromatic rings. The molecular weight excluding hydrogens is 600 g/mol. The Kier molecular flexibility index (Phi) is 11.7. The maximum Gasteiger partial charge on any atom is 0.416 e. The minimum absolute atomic E-state index is 0.0267. The highest BCUT2D eigenvalue weighted by Gasteiger charge is 2.34. The highest BCUT2D eigenvalue weighted by atomic mass is 32.2. The molecule has 0 fully saturated rings. The zero-order valence-corrected chi connectivity index (χ0v) is 25.7. The van der Waals surface area contributed by atoms with Crippen molar-refractivity contribution in [2.45, 2.75) is 68.7 Å². The lowest BCUT2D eigenvalue weighted by Gasteiger charge is -2.29. The predicted octanol–water partition coefficient (Wildman–Crippen LogP) is 5.90. The second-order valence-electron chi connectivity index (χ2n) is 11.5. The van der Waals surface area contributed by atoms with Gasteiger partial charge in [-0.3, -0.25) is 4.79 Å². The topological polar surface area (TPSA) is 107 Å². The Morgan fingerprint density at radius 2 is 1.64 bits per heavy atom. The molecule has 0 aliphatic rings. The highest BCUT2D eigenvalue weighted by molar-refractivity contribution is 7.89. The van der Waals surface area contributed by atoms with Crippen molar-refractivity contribution >= 4 is 16.0 Å². The molecule has 12 heteroatoms. The number of sulfonamides is 1. The van der Waals surface area contributed by atoms with Gasteiger partial charge in [-0.15, -0.1) is 0 Å². The number of halogens is 4. The lowest BCUT2D eigenvalue weighted by atomic mass is 9.95. The molecule has 7 nitrogen and oxygen atoms in total. The van der Waals surface area contributed by atoms with Crippen LogP contribution in [0.5, 0.6) is 0 Å². The van der Waals surface area contributed by atoms with Crippen LogP contribution in [0.1, 0.15) is 49.8 Å². The van der Waals surface area contributed by atoms with Crippen molar-refractivity contribution in [3.05, 3.63) is 89.2 Å². The van der Waals surface area contributed by atoms with E-state index in [1.54, 1.807) is 18.2 Å². The lowest BCUT2D eigenvalue weighted by Crippen LogP contribution is -2.46. The smallest absolute Gasteiger partial charge is 0.416 e. The standard InChI is InChI=1S/C32H38F4N2O5S/c1-31(2,15-5-7-23-6-4-8-27(33)16-23)37-20-28(39)21-38(3)44(42,43)29-18-25(17-26(19-29)32(34,35)36)24-12-9-22(10-13-24)11-14-30(40)41/h4,6,8-10,12-13,16-19,28,37,39H,5,7,11,14-15,20-21H2,1-3H3,(H,40,41)/t28-/m1/s1. The Balaban J connectivity index is 1.68. The molecular formula is C32H38F4N2O5S. The number of aliphatic carboxylic acids is 1. The number of aliphatic hydroxyl groups is 1. The Hall–Kier alpha value is -3.32. The van der Waals surface area contributed by atoms with Gasteiger partial charge in [0.15, 0.2) is 0 Å². The number of hydrogen-bond acceptors (Lipinski definition) is 5. The number of alkyl halides is 3. The van der Waals surface area contributed by atoms with Gasteiger partial charge in [0.05, 0.1) is 16.6 Å². The monoisotopic (exact) mass is 638 g/mol. The van der Waals surface area contributed by atoms with Crippen LogP contribution in [0, 0.1) is 5.82 Å². The summed E-state index contributed by atoms with van der Waals surface area (Å²) < 4.78 is 82.4. The van der Waals surface area contributed by atoms with Gasteiger partial charge in [0.2, 0.25) is 10.0 Å². The van der Waals surface area contributed by atoms with Gasteiger partial charge in [-0.1, -0.05) is 36.4 Å². The van der Waals surface area contributed by atoms with Crippen molar-refractivity contribution in [2.24, 2.45) is 0 Å². The molecule has 0 aromatic heterocycles. The number of aryl methyl sites for hydroxylation is 2. The summed E-state index contributed by atoms with van der Waals surface area (Å²) in [6.45, 7) is 3.52. The summed E-state index contributed by atoms with van der Waals surface area (Å²) in [5.41, 5.74) is 0.340. The van der Waals surface area contributed by atoms with Crippen molar-refractivity contribution in [1.29, 1.82) is 0 Å². The number of benzene rings is 3. The zero-order chi connectivity index (χ0) is 32.7. The summed E-state index contributed by atoms with van der Waals surface area (Å²) >= 11 is 0. The molecule has 3 N–H and O–H groups in total. The first-order valence-electron chi connectivity index (χ1n) is 14.1. The fourth-order valence-electron chi connectivity index (χ4n) is 4.74. The number of rotatable bonds is 15. The first-order valence-corrected chi connectivity index (χ1v) is 15.6. The predicted molar refractivity (Wildman–Crippen MR) is 160 cm³/mol. The molecule has 0 heterocycles. The number of carboxylic acid groups (broad SMARTS) is 1. The number of nitrogens with one attached hydrogen (secondary N) is 1. The average Bonchev–Trinajstić information content (AvgIpc) is 2.94. The normalized spacial score (nSPS) is 13.3. The molecule has 0 unspecified atom stereocenters. The van der Waals surface area contributed by atoms with E-state index in [1.165, 1.54) is 31.3 Å². The van der Waals surface area contributed by atoms with Crippen molar-refractivity contribution in [3.63, 3.8) is 0 Å². The van der Waals surface area contributed by atoms with Gasteiger partial charge in [-0.05, 0) is 92.1 Å². The maximum absolute atomic E-state index is 13.8. The molecule has 0 aliphatic carbocycles. The Bertz CT molecular complexity index is 1530. The van der Waals surface area contributed by atoms with E-state index in [0.717, 1.165) is 28.4 Å². The molecule has 240 valence electrons. The molecule has 1 atom stereocenters. The van der Waals surface area contributed by atoms with E-state index >= 15 is 0 Å². The first-order chi connectivity index (χ1) is 20.5. The summed E-state index contributed by atoms with van der Waals surface area (Å²) in [5.74, 6) is -1.28. The molecule has 3 aromatic carbocycles. The molecule has 0 amide bonds. The van der Waals surface area contributed by atoms with Gasteiger partial charge >= 0.3 is 12.1 Å². The zero-order valence-electron chi connectivity index (χ0n) is 24.9. The second-order valence-corrected chi connectivity index (χ2v) is 13.6. The minimum Gasteiger partial charge on any atom is -0.481 e. The fraction of sp³-hybridized carbons (Fsp3) is 0.406. The van der Waals surface area contributed by atoms with Crippen LogP contribution in [0.4, 0.5) is 17.6 Å². The number of carbonyl (C=O) groups is 1. The van der Waals surface area contributed by atoms with Gasteiger partial charge < -0.3 is 15.5 Å². The molecule has 0 spiro atoms. The number of likely N-dealkylation sites (N-methyl/N-ethyl adjacent to an activating group) is 1. The number of aliphatic hydroxyl groups excluding tert-OH is 1. The van der Waals surface area contributed by atoms with Crippen LogP contribution in [-0.4, -0.2) is 60.7 Å². The summed E-state index contributed by atoms with van der Waals surface area (Å²) in [4.78, 5) is 10.2.